The number of nitrogen functional groups attached to an aromatic ring is 1. The average Bonchev–Trinajstić information content (AvgIpc) is 3.46. The van der Waals surface area contributed by atoms with Crippen molar-refractivity contribution in [2.75, 3.05) is 5.73 Å². The van der Waals surface area contributed by atoms with Gasteiger partial charge in [-0.1, -0.05) is 17.7 Å². The number of carbonyl (C=O) groups is 2. The third-order valence-electron chi connectivity index (χ3n) is 5.28. The molecule has 160 valence electrons. The van der Waals surface area contributed by atoms with Gasteiger partial charge < -0.3 is 10.5 Å². The summed E-state index contributed by atoms with van der Waals surface area (Å²) in [6.07, 6.45) is 1.89. The number of halogens is 2. The summed E-state index contributed by atoms with van der Waals surface area (Å²) in [4.78, 5) is 25.5. The normalized spacial score (nSPS) is 15.0. The predicted molar refractivity (Wildman–Crippen MR) is 116 cm³/mol. The van der Waals surface area contributed by atoms with E-state index in [4.69, 9.17) is 22.1 Å². The van der Waals surface area contributed by atoms with Gasteiger partial charge in [-0.15, -0.1) is 0 Å². The number of carbonyl (C=O) groups excluding carboxylic acids is 2. The Balaban J connectivity index is 1.97. The Morgan fingerprint density at radius 3 is 2.47 bits per heavy atom. The van der Waals surface area contributed by atoms with Crippen LogP contribution in [0.3, 0.4) is 0 Å². The van der Waals surface area contributed by atoms with Crippen molar-refractivity contribution < 1.29 is 18.7 Å². The second-order valence-corrected chi connectivity index (χ2v) is 9.37. The van der Waals surface area contributed by atoms with Gasteiger partial charge in [0.1, 0.15) is 11.4 Å². The Morgan fingerprint density at radius 2 is 1.90 bits per heavy atom. The Hall–Kier alpha value is -2.40. The summed E-state index contributed by atoms with van der Waals surface area (Å²) in [5, 5.41) is 0.0440. The molecule has 0 heterocycles. The first-order valence-corrected chi connectivity index (χ1v) is 10.5. The van der Waals surface area contributed by atoms with E-state index in [0.29, 0.717) is 16.8 Å². The van der Waals surface area contributed by atoms with Crippen molar-refractivity contribution in [2.24, 2.45) is 5.92 Å². The monoisotopic (exact) mass is 431 g/mol. The first-order chi connectivity index (χ1) is 14.0. The van der Waals surface area contributed by atoms with E-state index in [0.717, 1.165) is 18.4 Å². The average molecular weight is 432 g/mol. The van der Waals surface area contributed by atoms with E-state index in [9.17, 15) is 9.59 Å². The van der Waals surface area contributed by atoms with E-state index < -0.39 is 17.2 Å². The minimum Gasteiger partial charge on any atom is -0.460 e. The number of hydrogen-bond acceptors (Lipinski definition) is 4. The molecule has 1 atom stereocenters. The summed E-state index contributed by atoms with van der Waals surface area (Å²) in [7, 11) is 0. The van der Waals surface area contributed by atoms with Gasteiger partial charge in [-0.2, -0.15) is 0 Å². The molecule has 0 bridgehead atoms. The number of hydrogen-bond donors (Lipinski definition) is 1. The lowest BCUT2D eigenvalue weighted by atomic mass is 9.88. The molecule has 6 heteroatoms. The second kappa shape index (κ2) is 8.38. The number of anilines is 1. The van der Waals surface area contributed by atoms with Crippen LogP contribution < -0.4 is 5.73 Å². The van der Waals surface area contributed by atoms with Gasteiger partial charge in [0.25, 0.3) is 0 Å². The van der Waals surface area contributed by atoms with Crippen LogP contribution >= 0.6 is 11.6 Å². The highest BCUT2D eigenvalue weighted by molar-refractivity contribution is 6.35. The van der Waals surface area contributed by atoms with E-state index in [1.807, 2.05) is 0 Å². The summed E-state index contributed by atoms with van der Waals surface area (Å²) in [6, 6.07) is 7.91. The van der Waals surface area contributed by atoms with Crippen LogP contribution in [-0.4, -0.2) is 17.4 Å². The van der Waals surface area contributed by atoms with Crippen molar-refractivity contribution in [2.45, 2.75) is 58.5 Å². The second-order valence-electron chi connectivity index (χ2n) is 8.96. The van der Waals surface area contributed by atoms with Crippen LogP contribution in [0.25, 0.3) is 0 Å². The Labute approximate surface area is 181 Å². The zero-order chi connectivity index (χ0) is 22.2. The molecule has 3 rings (SSSR count). The molecule has 1 aliphatic carbocycles. The highest BCUT2D eigenvalue weighted by Gasteiger charge is 2.37. The van der Waals surface area contributed by atoms with Gasteiger partial charge in [0, 0.05) is 17.2 Å². The summed E-state index contributed by atoms with van der Waals surface area (Å²) < 4.78 is 21.0. The zero-order valence-electron chi connectivity index (χ0n) is 17.7. The molecule has 0 radical (unpaired) electrons. The Kier molecular flexibility index (Phi) is 6.23. The van der Waals surface area contributed by atoms with E-state index in [1.54, 1.807) is 52.0 Å². The quantitative estimate of drug-likeness (QED) is 0.355. The van der Waals surface area contributed by atoms with Gasteiger partial charge >= 0.3 is 5.97 Å². The summed E-state index contributed by atoms with van der Waals surface area (Å²) in [5.74, 6) is -1.71. The Morgan fingerprint density at radius 1 is 1.23 bits per heavy atom. The predicted octanol–water partition coefficient (Wildman–Crippen LogP) is 5.83. The van der Waals surface area contributed by atoms with E-state index in [1.165, 1.54) is 6.07 Å². The van der Waals surface area contributed by atoms with Crippen LogP contribution in [0, 0.1) is 18.7 Å². The SMILES string of the molecule is Cc1cc(C(=O)c2c(Cl)ccc([C@H](CC(=O)OC(C)(C)C)C3CC3)c2F)ccc1N. The van der Waals surface area contributed by atoms with Crippen molar-refractivity contribution in [3.8, 4) is 0 Å². The summed E-state index contributed by atoms with van der Waals surface area (Å²) in [6.45, 7) is 7.17. The molecular weight excluding hydrogens is 405 g/mol. The third-order valence-corrected chi connectivity index (χ3v) is 5.59. The molecule has 0 unspecified atom stereocenters. The first-order valence-electron chi connectivity index (χ1n) is 10.1. The molecule has 2 N–H and O–H groups in total. The fourth-order valence-electron chi connectivity index (χ4n) is 3.62. The molecule has 0 amide bonds. The maximum atomic E-state index is 15.6. The molecule has 1 saturated carbocycles. The molecule has 2 aromatic carbocycles. The Bertz CT molecular complexity index is 993. The van der Waals surface area contributed by atoms with Crippen molar-refractivity contribution in [3.63, 3.8) is 0 Å². The molecule has 30 heavy (non-hydrogen) atoms. The molecule has 2 aromatic rings. The molecule has 4 nitrogen and oxygen atoms in total. The van der Waals surface area contributed by atoms with Crippen LogP contribution in [0.1, 0.15) is 73.0 Å². The van der Waals surface area contributed by atoms with E-state index in [-0.39, 0.29) is 34.8 Å². The number of esters is 1. The fraction of sp³-hybridized carbons (Fsp3) is 0.417. The number of benzene rings is 2. The number of rotatable bonds is 6. The zero-order valence-corrected chi connectivity index (χ0v) is 18.5. The lowest BCUT2D eigenvalue weighted by molar-refractivity contribution is -0.155. The van der Waals surface area contributed by atoms with Crippen molar-refractivity contribution in [1.29, 1.82) is 0 Å². The van der Waals surface area contributed by atoms with Crippen LogP contribution in [0.15, 0.2) is 30.3 Å². The van der Waals surface area contributed by atoms with Crippen molar-refractivity contribution >= 4 is 29.0 Å². The van der Waals surface area contributed by atoms with E-state index in [2.05, 4.69) is 0 Å². The van der Waals surface area contributed by atoms with Gasteiger partial charge in [0.05, 0.1) is 17.0 Å². The van der Waals surface area contributed by atoms with E-state index >= 15 is 4.39 Å². The number of aryl methyl sites for hydroxylation is 1. The molecule has 0 aromatic heterocycles. The number of ether oxygens (including phenoxy) is 1. The summed E-state index contributed by atoms with van der Waals surface area (Å²) in [5.41, 5.74) is 6.98. The van der Waals surface area contributed by atoms with Crippen molar-refractivity contribution in [3.05, 3.63) is 63.4 Å². The van der Waals surface area contributed by atoms with Gasteiger partial charge in [0.2, 0.25) is 0 Å². The minimum atomic E-state index is -0.664. The number of nitrogens with two attached hydrogens (primary N) is 1. The van der Waals surface area contributed by atoms with Gasteiger partial charge in [-0.3, -0.25) is 9.59 Å². The molecule has 0 aliphatic heterocycles. The number of ketones is 1. The standard InChI is InChI=1S/C24H27ClFNO3/c1-13-11-15(7-10-19(13)27)23(29)21-18(25)9-8-16(22(21)26)17(14-5-6-14)12-20(28)30-24(2,3)4/h7-11,14,17H,5-6,12,27H2,1-4H3/t17-/m1/s1. The molecule has 1 fully saturated rings. The third kappa shape index (κ3) is 5.01. The maximum absolute atomic E-state index is 15.6. The smallest absolute Gasteiger partial charge is 0.306 e. The largest absolute Gasteiger partial charge is 0.460 e. The van der Waals surface area contributed by atoms with Gasteiger partial charge in [-0.25, -0.2) is 4.39 Å². The van der Waals surface area contributed by atoms with Gasteiger partial charge in [-0.05, 0) is 81.8 Å². The minimum absolute atomic E-state index is 0.0440. The highest BCUT2D eigenvalue weighted by Crippen LogP contribution is 2.46. The summed E-state index contributed by atoms with van der Waals surface area (Å²) >= 11 is 6.23. The van der Waals surface area contributed by atoms with Gasteiger partial charge in [0.15, 0.2) is 5.78 Å². The first kappa shape index (κ1) is 22.3. The topological polar surface area (TPSA) is 69.4 Å². The maximum Gasteiger partial charge on any atom is 0.306 e. The lowest BCUT2D eigenvalue weighted by Crippen LogP contribution is -2.25. The molecule has 0 spiro atoms. The fourth-order valence-corrected chi connectivity index (χ4v) is 3.85. The lowest BCUT2D eigenvalue weighted by Gasteiger charge is -2.23. The van der Waals surface area contributed by atoms with Crippen LogP contribution in [0.5, 0.6) is 0 Å². The highest BCUT2D eigenvalue weighted by atomic mass is 35.5. The van der Waals surface area contributed by atoms with Crippen LogP contribution in [0.4, 0.5) is 10.1 Å². The molecule has 0 saturated heterocycles. The molecule has 1 aliphatic rings. The van der Waals surface area contributed by atoms with Crippen molar-refractivity contribution in [1.82, 2.24) is 0 Å². The van der Waals surface area contributed by atoms with Crippen LogP contribution in [0.2, 0.25) is 5.02 Å². The molecular formula is C24H27ClFNO3. The van der Waals surface area contributed by atoms with Crippen LogP contribution in [-0.2, 0) is 9.53 Å².